The molecule has 0 bridgehead atoms. The lowest BCUT2D eigenvalue weighted by atomic mass is 9.97. The maximum Gasteiger partial charge on any atom is 0.253 e. The fourth-order valence-electron chi connectivity index (χ4n) is 2.29. The summed E-state index contributed by atoms with van der Waals surface area (Å²) in [6.45, 7) is 3.48. The third-order valence-electron chi connectivity index (χ3n) is 3.76. The zero-order valence-electron chi connectivity index (χ0n) is 11.3. The van der Waals surface area contributed by atoms with E-state index in [-0.39, 0.29) is 24.6 Å². The molecule has 2 N–H and O–H groups in total. The summed E-state index contributed by atoms with van der Waals surface area (Å²) < 4.78 is 1.38. The number of nitrogens with one attached hydrogen (secondary N) is 1. The van der Waals surface area contributed by atoms with Crippen LogP contribution in [0.1, 0.15) is 25.3 Å². The van der Waals surface area contributed by atoms with E-state index < -0.39 is 5.54 Å². The number of nitrogens with zero attached hydrogens (tertiary/aromatic N) is 1. The molecule has 1 atom stereocenters. The third-order valence-corrected chi connectivity index (χ3v) is 3.76. The van der Waals surface area contributed by atoms with E-state index in [9.17, 15) is 14.7 Å². The van der Waals surface area contributed by atoms with Crippen molar-refractivity contribution in [3.63, 3.8) is 0 Å². The molecule has 1 heterocycles. The maximum absolute atomic E-state index is 12.0. The summed E-state index contributed by atoms with van der Waals surface area (Å²) in [6, 6.07) is 3.47. The van der Waals surface area contributed by atoms with Gasteiger partial charge in [-0.05, 0) is 38.7 Å². The quantitative estimate of drug-likeness (QED) is 0.810. The van der Waals surface area contributed by atoms with E-state index in [0.717, 1.165) is 12.8 Å². The monoisotopic (exact) mass is 264 g/mol. The van der Waals surface area contributed by atoms with Gasteiger partial charge in [0.1, 0.15) is 6.54 Å². The van der Waals surface area contributed by atoms with Crippen LogP contribution in [0.5, 0.6) is 0 Å². The number of rotatable bonds is 5. The molecule has 1 unspecified atom stereocenters. The smallest absolute Gasteiger partial charge is 0.253 e. The van der Waals surface area contributed by atoms with Crippen molar-refractivity contribution in [2.24, 2.45) is 5.92 Å². The average Bonchev–Trinajstić information content (AvgIpc) is 3.19. The van der Waals surface area contributed by atoms with E-state index in [1.807, 2.05) is 6.92 Å². The summed E-state index contributed by atoms with van der Waals surface area (Å²) >= 11 is 0. The van der Waals surface area contributed by atoms with Crippen LogP contribution in [0.25, 0.3) is 0 Å². The number of aryl methyl sites for hydroxylation is 1. The zero-order chi connectivity index (χ0) is 14.0. The first-order valence-corrected chi connectivity index (χ1v) is 6.54. The molecule has 1 amide bonds. The number of aliphatic hydroxyl groups is 1. The van der Waals surface area contributed by atoms with Gasteiger partial charge in [-0.2, -0.15) is 0 Å². The van der Waals surface area contributed by atoms with Crippen LogP contribution >= 0.6 is 0 Å². The number of carbonyl (C=O) groups is 1. The highest BCUT2D eigenvalue weighted by molar-refractivity contribution is 5.76. The summed E-state index contributed by atoms with van der Waals surface area (Å²) in [5.41, 5.74) is -0.109. The standard InChI is InChI=1S/C14H20N2O3/c1-10-4-3-7-16(13(10)19)8-12(18)15-14(2,9-17)11-5-6-11/h3-4,7,11,17H,5-6,8-9H2,1-2H3,(H,15,18). The minimum absolute atomic E-state index is 0.0111. The molecule has 0 spiro atoms. The van der Waals surface area contributed by atoms with Crippen molar-refractivity contribution in [1.29, 1.82) is 0 Å². The van der Waals surface area contributed by atoms with Crippen LogP contribution in [0.2, 0.25) is 0 Å². The second-order valence-corrected chi connectivity index (χ2v) is 5.52. The van der Waals surface area contributed by atoms with Gasteiger partial charge in [-0.25, -0.2) is 0 Å². The Balaban J connectivity index is 2.05. The molecule has 1 aliphatic carbocycles. The largest absolute Gasteiger partial charge is 0.394 e. The molecule has 1 fully saturated rings. The topological polar surface area (TPSA) is 71.3 Å². The summed E-state index contributed by atoms with van der Waals surface area (Å²) in [4.78, 5) is 23.8. The first kappa shape index (κ1) is 13.8. The van der Waals surface area contributed by atoms with E-state index in [1.54, 1.807) is 25.3 Å². The van der Waals surface area contributed by atoms with Gasteiger partial charge in [-0.3, -0.25) is 9.59 Å². The van der Waals surface area contributed by atoms with Crippen LogP contribution in [0.3, 0.4) is 0 Å². The van der Waals surface area contributed by atoms with Gasteiger partial charge in [0.05, 0.1) is 12.1 Å². The average molecular weight is 264 g/mol. The predicted octanol–water partition coefficient (Wildman–Crippen LogP) is 0.434. The maximum atomic E-state index is 12.0. The van der Waals surface area contributed by atoms with Gasteiger partial charge in [0, 0.05) is 11.8 Å². The van der Waals surface area contributed by atoms with Crippen molar-refractivity contribution in [1.82, 2.24) is 9.88 Å². The van der Waals surface area contributed by atoms with E-state index in [1.165, 1.54) is 4.57 Å². The number of carbonyl (C=O) groups excluding carboxylic acids is 1. The summed E-state index contributed by atoms with van der Waals surface area (Å²) in [7, 11) is 0. The highest BCUT2D eigenvalue weighted by Crippen LogP contribution is 2.39. The minimum Gasteiger partial charge on any atom is -0.394 e. The fraction of sp³-hybridized carbons (Fsp3) is 0.571. The number of pyridine rings is 1. The van der Waals surface area contributed by atoms with Crippen LogP contribution in [0.4, 0.5) is 0 Å². The van der Waals surface area contributed by atoms with E-state index in [0.29, 0.717) is 11.5 Å². The molecule has 1 aromatic rings. The molecule has 1 saturated carbocycles. The number of aliphatic hydroxyl groups excluding tert-OH is 1. The van der Waals surface area contributed by atoms with Crippen molar-refractivity contribution in [3.8, 4) is 0 Å². The number of amides is 1. The van der Waals surface area contributed by atoms with Gasteiger partial charge < -0.3 is 15.0 Å². The predicted molar refractivity (Wildman–Crippen MR) is 71.8 cm³/mol. The number of aromatic nitrogens is 1. The first-order chi connectivity index (χ1) is 8.96. The van der Waals surface area contributed by atoms with Gasteiger partial charge in [0.25, 0.3) is 5.56 Å². The molecule has 0 saturated heterocycles. The van der Waals surface area contributed by atoms with E-state index in [2.05, 4.69) is 5.32 Å². The van der Waals surface area contributed by atoms with E-state index >= 15 is 0 Å². The Morgan fingerprint density at radius 3 is 2.84 bits per heavy atom. The Hall–Kier alpha value is -1.62. The Kier molecular flexibility index (Phi) is 3.75. The highest BCUT2D eigenvalue weighted by Gasteiger charge is 2.42. The lowest BCUT2D eigenvalue weighted by Gasteiger charge is -2.28. The number of hydrogen-bond donors (Lipinski definition) is 2. The van der Waals surface area contributed by atoms with Crippen molar-refractivity contribution >= 4 is 5.91 Å². The van der Waals surface area contributed by atoms with Gasteiger partial charge in [0.15, 0.2) is 0 Å². The lowest BCUT2D eigenvalue weighted by molar-refractivity contribution is -0.124. The highest BCUT2D eigenvalue weighted by atomic mass is 16.3. The van der Waals surface area contributed by atoms with Crippen LogP contribution in [-0.2, 0) is 11.3 Å². The normalized spacial score (nSPS) is 17.8. The zero-order valence-corrected chi connectivity index (χ0v) is 11.3. The molecule has 5 nitrogen and oxygen atoms in total. The molecule has 2 rings (SSSR count). The Bertz CT molecular complexity index is 534. The van der Waals surface area contributed by atoms with E-state index in [4.69, 9.17) is 0 Å². The summed E-state index contributed by atoms with van der Waals surface area (Å²) in [6.07, 6.45) is 3.66. The Labute approximate surface area is 112 Å². The van der Waals surface area contributed by atoms with Crippen molar-refractivity contribution in [2.75, 3.05) is 6.61 Å². The van der Waals surface area contributed by atoms with Crippen molar-refractivity contribution in [2.45, 2.75) is 38.8 Å². The second-order valence-electron chi connectivity index (χ2n) is 5.52. The molecule has 0 radical (unpaired) electrons. The summed E-state index contributed by atoms with van der Waals surface area (Å²) in [5, 5.41) is 12.3. The molecule has 5 heteroatoms. The molecular weight excluding hydrogens is 244 g/mol. The molecule has 0 aliphatic heterocycles. The SMILES string of the molecule is Cc1cccn(CC(=O)NC(C)(CO)C2CC2)c1=O. The molecule has 0 aromatic carbocycles. The Morgan fingerprint density at radius 1 is 1.58 bits per heavy atom. The van der Waals surface area contributed by atoms with Gasteiger partial charge in [-0.1, -0.05) is 6.07 Å². The molecule has 104 valence electrons. The van der Waals surface area contributed by atoms with Crippen molar-refractivity contribution in [3.05, 3.63) is 34.2 Å². The third kappa shape index (κ3) is 3.04. The minimum atomic E-state index is -0.565. The second kappa shape index (κ2) is 5.17. The molecule has 1 aliphatic rings. The van der Waals surface area contributed by atoms with Crippen LogP contribution in [0, 0.1) is 12.8 Å². The fourth-order valence-corrected chi connectivity index (χ4v) is 2.29. The van der Waals surface area contributed by atoms with Crippen LogP contribution in [-0.4, -0.2) is 27.7 Å². The van der Waals surface area contributed by atoms with Gasteiger partial charge in [-0.15, -0.1) is 0 Å². The van der Waals surface area contributed by atoms with Gasteiger partial charge in [0.2, 0.25) is 5.91 Å². The van der Waals surface area contributed by atoms with Crippen LogP contribution in [0.15, 0.2) is 23.1 Å². The first-order valence-electron chi connectivity index (χ1n) is 6.54. The van der Waals surface area contributed by atoms with Crippen LogP contribution < -0.4 is 10.9 Å². The molecule has 19 heavy (non-hydrogen) atoms. The molecule has 1 aromatic heterocycles. The molecular formula is C14H20N2O3. The lowest BCUT2D eigenvalue weighted by Crippen LogP contribution is -2.52. The number of hydrogen-bond acceptors (Lipinski definition) is 3. The van der Waals surface area contributed by atoms with Gasteiger partial charge >= 0.3 is 0 Å². The summed E-state index contributed by atoms with van der Waals surface area (Å²) in [5.74, 6) is 0.104. The Morgan fingerprint density at radius 2 is 2.26 bits per heavy atom. The van der Waals surface area contributed by atoms with Crippen molar-refractivity contribution < 1.29 is 9.90 Å².